The standard InChI is InChI=1S/C29H32Cl2N4O5S.ClH/c30-23-10-13-27(26(31)19-23)40-35(24-6-2-1-3-7-24)41(38,39)25-11-8-22(9-12-25)29(37)34-20-28(36)33-16-4-5-21-14-17-32-18-15-21;/h1-3,6-13,19,21,32H,4-5,14-18,20H2,(H,33,36)(H,34,37);1H. The van der Waals surface area contributed by atoms with Crippen LogP contribution >= 0.6 is 35.6 Å². The summed E-state index contributed by atoms with van der Waals surface area (Å²) in [4.78, 5) is 30.4. The second-order valence-corrected chi connectivity index (χ2v) is 12.2. The van der Waals surface area contributed by atoms with E-state index in [0.29, 0.717) is 17.5 Å². The number of benzene rings is 3. The van der Waals surface area contributed by atoms with E-state index >= 15 is 0 Å². The third-order valence-electron chi connectivity index (χ3n) is 6.65. The Morgan fingerprint density at radius 2 is 1.64 bits per heavy atom. The number of nitrogens with zero attached hydrogens (tertiary/aromatic N) is 1. The van der Waals surface area contributed by atoms with Crippen molar-refractivity contribution in [3.05, 3.63) is 88.4 Å². The van der Waals surface area contributed by atoms with Crippen molar-refractivity contribution in [1.29, 1.82) is 0 Å². The minimum absolute atomic E-state index is 0. The third-order valence-corrected chi connectivity index (χ3v) is 8.77. The molecular formula is C29H33Cl3N4O5S. The van der Waals surface area contributed by atoms with Crippen LogP contribution < -0.4 is 25.3 Å². The first-order chi connectivity index (χ1) is 19.7. The summed E-state index contributed by atoms with van der Waals surface area (Å²) >= 11 is 12.2. The summed E-state index contributed by atoms with van der Waals surface area (Å²) in [5.41, 5.74) is 0.442. The van der Waals surface area contributed by atoms with Gasteiger partial charge in [-0.3, -0.25) is 9.59 Å². The van der Waals surface area contributed by atoms with Crippen LogP contribution in [0.25, 0.3) is 0 Å². The highest BCUT2D eigenvalue weighted by Gasteiger charge is 2.28. The molecule has 0 aromatic heterocycles. The maximum absolute atomic E-state index is 13.6. The van der Waals surface area contributed by atoms with Crippen LogP contribution in [0.1, 0.15) is 36.0 Å². The molecule has 0 unspecified atom stereocenters. The highest BCUT2D eigenvalue weighted by atomic mass is 35.5. The Hall–Kier alpha value is -3.02. The van der Waals surface area contributed by atoms with Gasteiger partial charge in [0.1, 0.15) is 0 Å². The summed E-state index contributed by atoms with van der Waals surface area (Å²) in [5, 5.41) is 9.24. The number of sulfonamides is 1. The monoisotopic (exact) mass is 654 g/mol. The van der Waals surface area contributed by atoms with Gasteiger partial charge < -0.3 is 20.8 Å². The van der Waals surface area contributed by atoms with Gasteiger partial charge in [0.15, 0.2) is 5.75 Å². The van der Waals surface area contributed by atoms with Crippen LogP contribution in [0.5, 0.6) is 5.75 Å². The van der Waals surface area contributed by atoms with Crippen molar-refractivity contribution < 1.29 is 22.8 Å². The lowest BCUT2D eigenvalue weighted by Crippen LogP contribution is -2.37. The molecule has 3 aromatic carbocycles. The molecule has 0 atom stereocenters. The van der Waals surface area contributed by atoms with Gasteiger partial charge in [-0.2, -0.15) is 8.42 Å². The van der Waals surface area contributed by atoms with Crippen molar-refractivity contribution in [2.75, 3.05) is 30.6 Å². The molecule has 3 aromatic rings. The molecule has 42 heavy (non-hydrogen) atoms. The topological polar surface area (TPSA) is 117 Å². The van der Waals surface area contributed by atoms with Gasteiger partial charge in [-0.05, 0) is 99.3 Å². The smallest absolute Gasteiger partial charge is 0.295 e. The predicted molar refractivity (Wildman–Crippen MR) is 167 cm³/mol. The van der Waals surface area contributed by atoms with Gasteiger partial charge in [-0.25, -0.2) is 0 Å². The molecule has 226 valence electrons. The molecule has 1 saturated heterocycles. The van der Waals surface area contributed by atoms with Crippen LogP contribution in [0.3, 0.4) is 0 Å². The Bertz CT molecular complexity index is 1440. The number of amides is 2. The highest BCUT2D eigenvalue weighted by molar-refractivity contribution is 7.92. The Kier molecular flexibility index (Phi) is 12.8. The van der Waals surface area contributed by atoms with E-state index in [9.17, 15) is 18.0 Å². The predicted octanol–water partition coefficient (Wildman–Crippen LogP) is 5.23. The molecule has 1 aliphatic heterocycles. The summed E-state index contributed by atoms with van der Waals surface area (Å²) in [6.45, 7) is 2.48. The van der Waals surface area contributed by atoms with E-state index in [1.807, 2.05) is 0 Å². The quantitative estimate of drug-likeness (QED) is 0.182. The number of rotatable bonds is 12. The lowest BCUT2D eigenvalue weighted by atomic mass is 9.93. The van der Waals surface area contributed by atoms with E-state index < -0.39 is 15.9 Å². The lowest BCUT2D eigenvalue weighted by molar-refractivity contribution is -0.120. The fourth-order valence-electron chi connectivity index (χ4n) is 4.42. The molecule has 3 N–H and O–H groups in total. The Morgan fingerprint density at radius 1 is 0.952 bits per heavy atom. The van der Waals surface area contributed by atoms with Crippen molar-refractivity contribution in [3.8, 4) is 5.75 Å². The van der Waals surface area contributed by atoms with Crippen LogP contribution in [0.2, 0.25) is 10.0 Å². The summed E-state index contributed by atoms with van der Waals surface area (Å²) in [6.07, 6.45) is 4.30. The van der Waals surface area contributed by atoms with E-state index in [4.69, 9.17) is 28.0 Å². The average molecular weight is 656 g/mol. The van der Waals surface area contributed by atoms with Gasteiger partial charge >= 0.3 is 0 Å². The minimum Gasteiger partial charge on any atom is -0.363 e. The maximum atomic E-state index is 13.6. The second kappa shape index (κ2) is 16.0. The van der Waals surface area contributed by atoms with E-state index in [-0.39, 0.29) is 51.8 Å². The van der Waals surface area contributed by atoms with E-state index in [2.05, 4.69) is 16.0 Å². The van der Waals surface area contributed by atoms with Crippen LogP contribution in [-0.2, 0) is 14.8 Å². The molecule has 1 fully saturated rings. The molecule has 1 aliphatic rings. The zero-order valence-corrected chi connectivity index (χ0v) is 25.9. The minimum atomic E-state index is -4.25. The van der Waals surface area contributed by atoms with Crippen molar-refractivity contribution >= 4 is 63.1 Å². The van der Waals surface area contributed by atoms with Crippen LogP contribution in [-0.4, -0.2) is 46.4 Å². The summed E-state index contributed by atoms with van der Waals surface area (Å²) < 4.78 is 28.0. The summed E-state index contributed by atoms with van der Waals surface area (Å²) in [5.74, 6) is 0.00699. The Balaban J connectivity index is 0.00000484. The van der Waals surface area contributed by atoms with Gasteiger partial charge in [0.2, 0.25) is 5.91 Å². The molecule has 0 aliphatic carbocycles. The van der Waals surface area contributed by atoms with Crippen LogP contribution in [0.15, 0.2) is 77.7 Å². The number of para-hydroxylation sites is 1. The van der Waals surface area contributed by atoms with Crippen molar-refractivity contribution in [2.24, 2.45) is 5.92 Å². The molecule has 0 spiro atoms. The van der Waals surface area contributed by atoms with Crippen molar-refractivity contribution in [3.63, 3.8) is 0 Å². The number of carbonyl (C=O) groups excluding carboxylic acids is 2. The normalized spacial score (nSPS) is 13.5. The number of nitrogens with one attached hydrogen (secondary N) is 3. The molecule has 4 rings (SSSR count). The summed E-state index contributed by atoms with van der Waals surface area (Å²) in [6, 6.07) is 18.0. The zero-order chi connectivity index (χ0) is 29.2. The van der Waals surface area contributed by atoms with Crippen LogP contribution in [0, 0.1) is 5.92 Å². The van der Waals surface area contributed by atoms with Gasteiger partial charge in [0.25, 0.3) is 15.9 Å². The lowest BCUT2D eigenvalue weighted by Gasteiger charge is -2.24. The number of anilines is 1. The SMILES string of the molecule is Cl.O=C(CNC(=O)c1ccc(S(=O)(=O)N(Oc2ccc(Cl)cc2Cl)c2ccccc2)cc1)NCCCC1CCNCC1. The molecule has 1 heterocycles. The number of halogens is 3. The molecular weight excluding hydrogens is 623 g/mol. The van der Waals surface area contributed by atoms with E-state index in [0.717, 1.165) is 43.2 Å². The first kappa shape index (κ1) is 33.5. The fourth-order valence-corrected chi connectivity index (χ4v) is 6.11. The molecule has 0 saturated carbocycles. The first-order valence-electron chi connectivity index (χ1n) is 13.3. The zero-order valence-electron chi connectivity index (χ0n) is 22.7. The molecule has 9 nitrogen and oxygen atoms in total. The van der Waals surface area contributed by atoms with E-state index in [1.54, 1.807) is 30.3 Å². The van der Waals surface area contributed by atoms with Crippen molar-refractivity contribution in [1.82, 2.24) is 16.0 Å². The molecule has 13 heteroatoms. The largest absolute Gasteiger partial charge is 0.363 e. The number of hydrogen-bond acceptors (Lipinski definition) is 6. The molecule has 2 amide bonds. The van der Waals surface area contributed by atoms with Crippen molar-refractivity contribution in [2.45, 2.75) is 30.6 Å². The fraction of sp³-hybridized carbons (Fsp3) is 0.310. The van der Waals surface area contributed by atoms with E-state index in [1.165, 1.54) is 42.5 Å². The third kappa shape index (κ3) is 9.24. The Labute approximate surface area is 262 Å². The van der Waals surface area contributed by atoms with Gasteiger partial charge in [0, 0.05) is 17.1 Å². The first-order valence-corrected chi connectivity index (χ1v) is 15.5. The number of hydrogen-bond donors (Lipinski definition) is 3. The van der Waals surface area contributed by atoms with Gasteiger partial charge in [-0.1, -0.05) is 45.9 Å². The molecule has 0 bridgehead atoms. The number of piperidine rings is 1. The van der Waals surface area contributed by atoms with Crippen LogP contribution in [0.4, 0.5) is 5.69 Å². The second-order valence-electron chi connectivity index (χ2n) is 9.63. The number of carbonyl (C=O) groups is 2. The maximum Gasteiger partial charge on any atom is 0.295 e. The average Bonchev–Trinajstić information content (AvgIpc) is 2.98. The summed E-state index contributed by atoms with van der Waals surface area (Å²) in [7, 11) is -4.25. The van der Waals surface area contributed by atoms with Gasteiger partial charge in [0.05, 0.1) is 22.2 Å². The highest BCUT2D eigenvalue weighted by Crippen LogP contribution is 2.32. The Morgan fingerprint density at radius 3 is 2.31 bits per heavy atom. The molecule has 0 radical (unpaired) electrons. The van der Waals surface area contributed by atoms with Gasteiger partial charge in [-0.15, -0.1) is 12.4 Å².